The van der Waals surface area contributed by atoms with Crippen molar-refractivity contribution in [2.45, 2.75) is 13.8 Å². The van der Waals surface area contributed by atoms with Crippen molar-refractivity contribution in [3.8, 4) is 0 Å². The SMILES string of the molecule is Cc1cc2nc(N)sc2c(C)c1Br. The van der Waals surface area contributed by atoms with E-state index in [0.717, 1.165) is 9.99 Å². The first-order valence-electron chi connectivity index (χ1n) is 3.91. The van der Waals surface area contributed by atoms with Crippen molar-refractivity contribution in [1.29, 1.82) is 0 Å². The summed E-state index contributed by atoms with van der Waals surface area (Å²) in [7, 11) is 0. The predicted octanol–water partition coefficient (Wildman–Crippen LogP) is 3.26. The molecule has 2 N–H and O–H groups in total. The number of thiazole rings is 1. The molecule has 0 saturated heterocycles. The average molecular weight is 257 g/mol. The minimum absolute atomic E-state index is 0.635. The number of nitrogens with zero attached hydrogens (tertiary/aromatic N) is 1. The van der Waals surface area contributed by atoms with Crippen LogP contribution >= 0.6 is 27.3 Å². The summed E-state index contributed by atoms with van der Waals surface area (Å²) >= 11 is 5.09. The van der Waals surface area contributed by atoms with Crippen molar-refractivity contribution in [3.05, 3.63) is 21.7 Å². The van der Waals surface area contributed by atoms with Crippen LogP contribution in [0.5, 0.6) is 0 Å². The lowest BCUT2D eigenvalue weighted by atomic mass is 10.1. The number of halogens is 1. The summed E-state index contributed by atoms with van der Waals surface area (Å²) in [6, 6.07) is 2.05. The maximum absolute atomic E-state index is 5.65. The van der Waals surface area contributed by atoms with Crippen molar-refractivity contribution in [1.82, 2.24) is 4.98 Å². The van der Waals surface area contributed by atoms with Gasteiger partial charge in [-0.1, -0.05) is 27.3 Å². The number of benzene rings is 1. The fraction of sp³-hybridized carbons (Fsp3) is 0.222. The highest BCUT2D eigenvalue weighted by Crippen LogP contribution is 2.33. The van der Waals surface area contributed by atoms with Crippen LogP contribution in [0.3, 0.4) is 0 Å². The Hall–Kier alpha value is -0.610. The van der Waals surface area contributed by atoms with E-state index < -0.39 is 0 Å². The molecule has 0 spiro atoms. The van der Waals surface area contributed by atoms with Gasteiger partial charge in [-0.05, 0) is 31.0 Å². The second-order valence-corrected chi connectivity index (χ2v) is 4.86. The smallest absolute Gasteiger partial charge is 0.181 e. The minimum Gasteiger partial charge on any atom is -0.375 e. The van der Waals surface area contributed by atoms with Crippen LogP contribution in [-0.2, 0) is 0 Å². The molecule has 4 heteroatoms. The number of aromatic nitrogens is 1. The van der Waals surface area contributed by atoms with Gasteiger partial charge in [-0.2, -0.15) is 0 Å². The molecule has 0 saturated carbocycles. The summed E-state index contributed by atoms with van der Waals surface area (Å²) in [6.07, 6.45) is 0. The van der Waals surface area contributed by atoms with Gasteiger partial charge in [-0.15, -0.1) is 0 Å². The Balaban J connectivity index is 2.92. The van der Waals surface area contributed by atoms with Gasteiger partial charge < -0.3 is 5.73 Å². The molecule has 13 heavy (non-hydrogen) atoms. The number of nitrogens with two attached hydrogens (primary N) is 1. The summed E-state index contributed by atoms with van der Waals surface area (Å²) in [6.45, 7) is 4.14. The summed E-state index contributed by atoms with van der Waals surface area (Å²) < 4.78 is 2.33. The molecule has 0 unspecified atom stereocenters. The van der Waals surface area contributed by atoms with Crippen molar-refractivity contribution in [3.63, 3.8) is 0 Å². The highest BCUT2D eigenvalue weighted by molar-refractivity contribution is 9.10. The van der Waals surface area contributed by atoms with Crippen molar-refractivity contribution in [2.24, 2.45) is 0 Å². The maximum atomic E-state index is 5.65. The number of aryl methyl sites for hydroxylation is 2. The second kappa shape index (κ2) is 2.96. The van der Waals surface area contributed by atoms with E-state index >= 15 is 0 Å². The van der Waals surface area contributed by atoms with Gasteiger partial charge >= 0.3 is 0 Å². The lowest BCUT2D eigenvalue weighted by molar-refractivity contribution is 1.37. The van der Waals surface area contributed by atoms with Gasteiger partial charge in [-0.3, -0.25) is 0 Å². The number of fused-ring (bicyclic) bond motifs is 1. The van der Waals surface area contributed by atoms with E-state index in [1.165, 1.54) is 27.2 Å². The molecule has 1 aromatic carbocycles. The molecule has 1 heterocycles. The lowest BCUT2D eigenvalue weighted by Crippen LogP contribution is -1.82. The van der Waals surface area contributed by atoms with E-state index in [4.69, 9.17) is 5.73 Å². The monoisotopic (exact) mass is 256 g/mol. The molecule has 0 bridgehead atoms. The van der Waals surface area contributed by atoms with Crippen LogP contribution in [0.4, 0.5) is 5.13 Å². The first kappa shape index (κ1) is 8.97. The standard InChI is InChI=1S/C9H9BrN2S/c1-4-3-6-8(5(2)7(4)10)13-9(11)12-6/h3H,1-2H3,(H2,11,12). The number of hydrogen-bond acceptors (Lipinski definition) is 3. The summed E-state index contributed by atoms with van der Waals surface area (Å²) in [5.41, 5.74) is 9.08. The van der Waals surface area contributed by atoms with Crippen LogP contribution in [0.2, 0.25) is 0 Å². The Morgan fingerprint density at radius 3 is 2.85 bits per heavy atom. The summed E-state index contributed by atoms with van der Waals surface area (Å²) in [5.74, 6) is 0. The highest BCUT2D eigenvalue weighted by atomic mass is 79.9. The first-order chi connectivity index (χ1) is 6.09. The molecule has 2 aromatic rings. The van der Waals surface area contributed by atoms with Crippen LogP contribution in [0.1, 0.15) is 11.1 Å². The van der Waals surface area contributed by atoms with Gasteiger partial charge in [0.15, 0.2) is 5.13 Å². The molecule has 0 fully saturated rings. The van der Waals surface area contributed by atoms with E-state index in [2.05, 4.69) is 40.8 Å². The van der Waals surface area contributed by atoms with Crippen LogP contribution in [0.15, 0.2) is 10.5 Å². The molecule has 0 aliphatic rings. The Bertz CT molecular complexity index is 476. The molecule has 68 valence electrons. The number of nitrogen functional groups attached to an aromatic ring is 1. The summed E-state index contributed by atoms with van der Waals surface area (Å²) in [4.78, 5) is 4.25. The molecule has 0 aliphatic carbocycles. The van der Waals surface area contributed by atoms with Gasteiger partial charge in [-0.25, -0.2) is 4.98 Å². The molecule has 1 aromatic heterocycles. The third-order valence-corrected chi connectivity index (χ3v) is 4.28. The normalized spacial score (nSPS) is 11.0. The minimum atomic E-state index is 0.635. The number of hydrogen-bond donors (Lipinski definition) is 1. The summed E-state index contributed by atoms with van der Waals surface area (Å²) in [5, 5.41) is 0.635. The first-order valence-corrected chi connectivity index (χ1v) is 5.52. The Morgan fingerprint density at radius 1 is 1.46 bits per heavy atom. The fourth-order valence-electron chi connectivity index (χ4n) is 1.38. The third kappa shape index (κ3) is 1.34. The maximum Gasteiger partial charge on any atom is 0.181 e. The van der Waals surface area contributed by atoms with E-state index in [1.807, 2.05) is 0 Å². The van der Waals surface area contributed by atoms with Crippen molar-refractivity contribution < 1.29 is 0 Å². The zero-order valence-corrected chi connectivity index (χ0v) is 9.79. The molecule has 0 radical (unpaired) electrons. The zero-order valence-electron chi connectivity index (χ0n) is 7.39. The second-order valence-electron chi connectivity index (χ2n) is 3.03. The quantitative estimate of drug-likeness (QED) is 0.786. The Kier molecular flexibility index (Phi) is 2.04. The molecule has 2 rings (SSSR count). The van der Waals surface area contributed by atoms with E-state index in [1.54, 1.807) is 0 Å². The Morgan fingerprint density at radius 2 is 2.15 bits per heavy atom. The van der Waals surface area contributed by atoms with Gasteiger partial charge in [0.25, 0.3) is 0 Å². The van der Waals surface area contributed by atoms with Gasteiger partial charge in [0.2, 0.25) is 0 Å². The van der Waals surface area contributed by atoms with Crippen LogP contribution < -0.4 is 5.73 Å². The molecule has 2 nitrogen and oxygen atoms in total. The van der Waals surface area contributed by atoms with Crippen molar-refractivity contribution >= 4 is 42.6 Å². The number of rotatable bonds is 0. The van der Waals surface area contributed by atoms with Gasteiger partial charge in [0.1, 0.15) is 0 Å². The Labute approximate surface area is 88.9 Å². The van der Waals surface area contributed by atoms with Crippen LogP contribution in [0, 0.1) is 13.8 Å². The molecule has 0 atom stereocenters. The van der Waals surface area contributed by atoms with Crippen molar-refractivity contribution in [2.75, 3.05) is 5.73 Å². The topological polar surface area (TPSA) is 38.9 Å². The van der Waals surface area contributed by atoms with Gasteiger partial charge in [0, 0.05) is 4.47 Å². The number of anilines is 1. The highest BCUT2D eigenvalue weighted by Gasteiger charge is 2.08. The molecular weight excluding hydrogens is 248 g/mol. The predicted molar refractivity (Wildman–Crippen MR) is 61.2 cm³/mol. The zero-order chi connectivity index (χ0) is 9.59. The van der Waals surface area contributed by atoms with Gasteiger partial charge in [0.05, 0.1) is 10.2 Å². The van der Waals surface area contributed by atoms with E-state index in [-0.39, 0.29) is 0 Å². The van der Waals surface area contributed by atoms with E-state index in [9.17, 15) is 0 Å². The van der Waals surface area contributed by atoms with Crippen LogP contribution in [0.25, 0.3) is 10.2 Å². The molecular formula is C9H9BrN2S. The fourth-order valence-corrected chi connectivity index (χ4v) is 2.64. The average Bonchev–Trinajstić information content (AvgIpc) is 2.42. The third-order valence-electron chi connectivity index (χ3n) is 2.04. The molecule has 0 amide bonds. The molecule has 0 aliphatic heterocycles. The largest absolute Gasteiger partial charge is 0.375 e. The lowest BCUT2D eigenvalue weighted by Gasteiger charge is -2.02. The van der Waals surface area contributed by atoms with Crippen LogP contribution in [-0.4, -0.2) is 4.98 Å². The van der Waals surface area contributed by atoms with E-state index in [0.29, 0.717) is 5.13 Å².